The van der Waals surface area contributed by atoms with Crippen LogP contribution in [0, 0.1) is 5.92 Å². The standard InChI is InChI=1S/C16H26N2O4S/c1-2-21-13-14-6-3-9-17(12-14)23(19,20)18-10-4-7-15(18)16-8-5-11-22-16/h5,8,11,14-15H,2-4,6-7,9-10,12-13H2,1H3. The summed E-state index contributed by atoms with van der Waals surface area (Å²) in [6.45, 7) is 5.02. The summed E-state index contributed by atoms with van der Waals surface area (Å²) in [5.41, 5.74) is 0. The molecule has 6 nitrogen and oxygen atoms in total. The van der Waals surface area contributed by atoms with Crippen LogP contribution >= 0.6 is 0 Å². The number of furan rings is 1. The highest BCUT2D eigenvalue weighted by Gasteiger charge is 2.41. The summed E-state index contributed by atoms with van der Waals surface area (Å²) in [5, 5.41) is 0. The molecule has 0 saturated carbocycles. The Morgan fingerprint density at radius 1 is 1.30 bits per heavy atom. The van der Waals surface area contributed by atoms with Crippen molar-refractivity contribution in [3.05, 3.63) is 24.2 Å². The Kier molecular flexibility index (Phi) is 5.41. The summed E-state index contributed by atoms with van der Waals surface area (Å²) in [4.78, 5) is 0. The normalized spacial score (nSPS) is 27.5. The van der Waals surface area contributed by atoms with Crippen LogP contribution < -0.4 is 0 Å². The minimum Gasteiger partial charge on any atom is -0.468 e. The van der Waals surface area contributed by atoms with E-state index < -0.39 is 10.2 Å². The van der Waals surface area contributed by atoms with E-state index in [-0.39, 0.29) is 6.04 Å². The lowest BCUT2D eigenvalue weighted by Crippen LogP contribution is -2.48. The fourth-order valence-electron chi connectivity index (χ4n) is 3.59. The molecule has 3 rings (SSSR count). The molecule has 0 spiro atoms. The van der Waals surface area contributed by atoms with Crippen LogP contribution in [0.4, 0.5) is 0 Å². The lowest BCUT2D eigenvalue weighted by Gasteiger charge is -2.35. The second kappa shape index (κ2) is 7.34. The summed E-state index contributed by atoms with van der Waals surface area (Å²) in [6.07, 6.45) is 5.24. The molecule has 0 amide bonds. The van der Waals surface area contributed by atoms with Crippen molar-refractivity contribution < 1.29 is 17.6 Å². The van der Waals surface area contributed by atoms with Gasteiger partial charge in [0.15, 0.2) is 0 Å². The van der Waals surface area contributed by atoms with E-state index in [1.165, 1.54) is 0 Å². The SMILES string of the molecule is CCOCC1CCCN(S(=O)(=O)N2CCCC2c2ccco2)C1. The number of ether oxygens (including phenoxy) is 1. The zero-order chi connectivity index (χ0) is 16.3. The molecule has 0 radical (unpaired) electrons. The van der Waals surface area contributed by atoms with E-state index in [0.717, 1.165) is 31.4 Å². The first-order valence-corrected chi connectivity index (χ1v) is 9.90. The molecule has 7 heteroatoms. The maximum absolute atomic E-state index is 13.1. The van der Waals surface area contributed by atoms with Crippen LogP contribution in [0.5, 0.6) is 0 Å². The van der Waals surface area contributed by atoms with Gasteiger partial charge in [0, 0.05) is 26.2 Å². The third-order valence-electron chi connectivity index (χ3n) is 4.74. The van der Waals surface area contributed by atoms with Crippen molar-refractivity contribution in [2.24, 2.45) is 5.92 Å². The molecule has 2 aliphatic rings. The minimum atomic E-state index is -3.44. The van der Waals surface area contributed by atoms with Gasteiger partial charge in [-0.15, -0.1) is 0 Å². The molecule has 0 bridgehead atoms. The Labute approximate surface area is 138 Å². The van der Waals surface area contributed by atoms with Crippen molar-refractivity contribution >= 4 is 10.2 Å². The maximum Gasteiger partial charge on any atom is 0.282 e. The first-order valence-electron chi connectivity index (χ1n) is 8.51. The lowest BCUT2D eigenvalue weighted by molar-refractivity contribution is 0.0848. The average Bonchev–Trinajstić information content (AvgIpc) is 3.23. The largest absolute Gasteiger partial charge is 0.468 e. The Bertz CT molecular complexity index is 587. The van der Waals surface area contributed by atoms with E-state index in [9.17, 15) is 8.42 Å². The molecule has 23 heavy (non-hydrogen) atoms. The van der Waals surface area contributed by atoms with Crippen LogP contribution in [0.3, 0.4) is 0 Å². The molecule has 2 saturated heterocycles. The first-order chi connectivity index (χ1) is 11.1. The van der Waals surface area contributed by atoms with E-state index in [4.69, 9.17) is 9.15 Å². The molecule has 0 N–H and O–H groups in total. The van der Waals surface area contributed by atoms with Gasteiger partial charge < -0.3 is 9.15 Å². The zero-order valence-corrected chi connectivity index (χ0v) is 14.5. The van der Waals surface area contributed by atoms with Gasteiger partial charge in [-0.05, 0) is 50.7 Å². The highest BCUT2D eigenvalue weighted by atomic mass is 32.2. The summed E-state index contributed by atoms with van der Waals surface area (Å²) < 4.78 is 40.4. The van der Waals surface area contributed by atoms with Crippen LogP contribution in [0.25, 0.3) is 0 Å². The third-order valence-corrected chi connectivity index (χ3v) is 6.75. The first kappa shape index (κ1) is 17.0. The van der Waals surface area contributed by atoms with E-state index in [1.807, 2.05) is 19.1 Å². The molecule has 2 unspecified atom stereocenters. The molecule has 1 aromatic rings. The topological polar surface area (TPSA) is 63.0 Å². The Morgan fingerprint density at radius 3 is 2.87 bits per heavy atom. The minimum absolute atomic E-state index is 0.165. The smallest absolute Gasteiger partial charge is 0.282 e. The lowest BCUT2D eigenvalue weighted by atomic mass is 10.0. The average molecular weight is 342 g/mol. The fraction of sp³-hybridized carbons (Fsp3) is 0.750. The van der Waals surface area contributed by atoms with Crippen LogP contribution in [-0.4, -0.2) is 49.9 Å². The number of rotatable bonds is 6. The van der Waals surface area contributed by atoms with Crippen molar-refractivity contribution in [2.45, 2.75) is 38.6 Å². The van der Waals surface area contributed by atoms with E-state index >= 15 is 0 Å². The molecule has 2 aliphatic heterocycles. The van der Waals surface area contributed by atoms with Gasteiger partial charge in [0.25, 0.3) is 10.2 Å². The number of hydrogen-bond acceptors (Lipinski definition) is 4. The second-order valence-corrected chi connectivity index (χ2v) is 8.20. The van der Waals surface area contributed by atoms with Gasteiger partial charge in [-0.25, -0.2) is 0 Å². The molecule has 2 fully saturated rings. The Morgan fingerprint density at radius 2 is 2.13 bits per heavy atom. The monoisotopic (exact) mass is 342 g/mol. The van der Waals surface area contributed by atoms with Crippen LogP contribution in [0.1, 0.15) is 44.4 Å². The highest BCUT2D eigenvalue weighted by molar-refractivity contribution is 7.86. The van der Waals surface area contributed by atoms with Crippen molar-refractivity contribution in [2.75, 3.05) is 32.8 Å². The molecule has 3 heterocycles. The summed E-state index contributed by atoms with van der Waals surface area (Å²) in [7, 11) is -3.44. The van der Waals surface area contributed by atoms with Crippen molar-refractivity contribution in [1.82, 2.24) is 8.61 Å². The Hall–Kier alpha value is -0.890. The van der Waals surface area contributed by atoms with E-state index in [2.05, 4.69) is 0 Å². The van der Waals surface area contributed by atoms with Gasteiger partial charge >= 0.3 is 0 Å². The molecule has 0 aromatic carbocycles. The molecule has 2 atom stereocenters. The molecule has 130 valence electrons. The van der Waals surface area contributed by atoms with Gasteiger partial charge in [0.1, 0.15) is 5.76 Å². The molecule has 0 aliphatic carbocycles. The summed E-state index contributed by atoms with van der Waals surface area (Å²) in [5.74, 6) is 1.04. The predicted molar refractivity (Wildman–Crippen MR) is 87.1 cm³/mol. The van der Waals surface area contributed by atoms with Crippen LogP contribution in [0.2, 0.25) is 0 Å². The quantitative estimate of drug-likeness (QED) is 0.796. The van der Waals surface area contributed by atoms with E-state index in [0.29, 0.717) is 38.8 Å². The zero-order valence-electron chi connectivity index (χ0n) is 13.7. The van der Waals surface area contributed by atoms with Crippen molar-refractivity contribution in [3.8, 4) is 0 Å². The number of piperidine rings is 1. The van der Waals surface area contributed by atoms with Gasteiger partial charge in [-0.1, -0.05) is 0 Å². The van der Waals surface area contributed by atoms with Crippen molar-refractivity contribution in [1.29, 1.82) is 0 Å². The maximum atomic E-state index is 13.1. The molecule has 1 aromatic heterocycles. The third kappa shape index (κ3) is 3.63. The summed E-state index contributed by atoms with van der Waals surface area (Å²) in [6, 6.07) is 3.52. The summed E-state index contributed by atoms with van der Waals surface area (Å²) >= 11 is 0. The molecular formula is C16H26N2O4S. The van der Waals surface area contributed by atoms with Crippen LogP contribution in [0.15, 0.2) is 22.8 Å². The van der Waals surface area contributed by atoms with Gasteiger partial charge in [-0.3, -0.25) is 0 Å². The predicted octanol–water partition coefficient (Wildman–Crippen LogP) is 2.41. The van der Waals surface area contributed by atoms with Crippen molar-refractivity contribution in [3.63, 3.8) is 0 Å². The second-order valence-electron chi connectivity index (χ2n) is 6.32. The number of nitrogens with zero attached hydrogens (tertiary/aromatic N) is 2. The molecular weight excluding hydrogens is 316 g/mol. The van der Waals surface area contributed by atoms with Gasteiger partial charge in [0.2, 0.25) is 0 Å². The van der Waals surface area contributed by atoms with Gasteiger partial charge in [0.05, 0.1) is 18.9 Å². The van der Waals surface area contributed by atoms with Gasteiger partial charge in [-0.2, -0.15) is 17.0 Å². The Balaban J connectivity index is 1.72. The van der Waals surface area contributed by atoms with E-state index in [1.54, 1.807) is 14.9 Å². The van der Waals surface area contributed by atoms with Crippen LogP contribution in [-0.2, 0) is 14.9 Å². The fourth-order valence-corrected chi connectivity index (χ4v) is 5.53. The highest BCUT2D eigenvalue weighted by Crippen LogP contribution is 2.36. The number of hydrogen-bond donors (Lipinski definition) is 0.